The second-order valence-corrected chi connectivity index (χ2v) is 6.26. The number of pyridine rings is 1. The summed E-state index contributed by atoms with van der Waals surface area (Å²) in [7, 11) is 1.91. The molecular formula is C13H16IN3O. The number of anilines is 1. The van der Waals surface area contributed by atoms with Gasteiger partial charge in [0.15, 0.2) is 0 Å². The number of amides is 2. The maximum Gasteiger partial charge on any atom is 0.326 e. The van der Waals surface area contributed by atoms with Crippen LogP contribution in [-0.4, -0.2) is 35.0 Å². The number of fused-ring (bicyclic) bond motifs is 1. The summed E-state index contributed by atoms with van der Waals surface area (Å²) in [5.41, 5.74) is 0. The van der Waals surface area contributed by atoms with Crippen molar-refractivity contribution in [3.63, 3.8) is 0 Å². The van der Waals surface area contributed by atoms with Crippen LogP contribution in [0.15, 0.2) is 18.3 Å². The van der Waals surface area contributed by atoms with Crippen molar-refractivity contribution < 1.29 is 4.79 Å². The Morgan fingerprint density at radius 2 is 2.00 bits per heavy atom. The predicted octanol–water partition coefficient (Wildman–Crippen LogP) is 2.87. The summed E-state index contributed by atoms with van der Waals surface area (Å²) >= 11 is 2.23. The Hall–Kier alpha value is -0.850. The number of rotatable bonds is 1. The number of hydrogen-bond acceptors (Lipinski definition) is 2. The Kier molecular flexibility index (Phi) is 3.17. The first kappa shape index (κ1) is 12.2. The summed E-state index contributed by atoms with van der Waals surface area (Å²) in [6.07, 6.45) is 6.47. The van der Waals surface area contributed by atoms with Gasteiger partial charge in [-0.2, -0.15) is 0 Å². The Balaban J connectivity index is 1.95. The first-order chi connectivity index (χ1) is 8.68. The van der Waals surface area contributed by atoms with Crippen molar-refractivity contribution >= 4 is 34.4 Å². The van der Waals surface area contributed by atoms with Gasteiger partial charge < -0.3 is 4.90 Å². The average molecular weight is 357 g/mol. The SMILES string of the molecule is CN1C(=O)N(c2ccc(I)cn2)[C@@H]2CCCC[C@H]21. The van der Waals surface area contributed by atoms with Crippen LogP contribution in [0.25, 0.3) is 0 Å². The van der Waals surface area contributed by atoms with E-state index >= 15 is 0 Å². The minimum absolute atomic E-state index is 0.0978. The average Bonchev–Trinajstić information content (AvgIpc) is 2.64. The fourth-order valence-electron chi connectivity index (χ4n) is 3.08. The number of urea groups is 1. The zero-order valence-electron chi connectivity index (χ0n) is 10.3. The van der Waals surface area contributed by atoms with Crippen molar-refractivity contribution in [2.45, 2.75) is 37.8 Å². The van der Waals surface area contributed by atoms with Crippen LogP contribution in [0.5, 0.6) is 0 Å². The lowest BCUT2D eigenvalue weighted by Gasteiger charge is -2.30. The van der Waals surface area contributed by atoms with Gasteiger partial charge in [-0.25, -0.2) is 9.78 Å². The molecule has 0 radical (unpaired) electrons. The molecule has 0 bridgehead atoms. The van der Waals surface area contributed by atoms with Gasteiger partial charge in [0.05, 0.1) is 12.1 Å². The summed E-state index contributed by atoms with van der Waals surface area (Å²) in [6, 6.07) is 4.73. The highest BCUT2D eigenvalue weighted by atomic mass is 127. The molecule has 1 saturated carbocycles. The molecule has 0 N–H and O–H groups in total. The summed E-state index contributed by atoms with van der Waals surface area (Å²) in [5.74, 6) is 0.793. The van der Waals surface area contributed by atoms with Crippen LogP contribution in [0.3, 0.4) is 0 Å². The summed E-state index contributed by atoms with van der Waals surface area (Å²) in [5, 5.41) is 0. The summed E-state index contributed by atoms with van der Waals surface area (Å²) in [6.45, 7) is 0. The van der Waals surface area contributed by atoms with Crippen molar-refractivity contribution in [1.82, 2.24) is 9.88 Å². The van der Waals surface area contributed by atoms with E-state index in [0.29, 0.717) is 12.1 Å². The predicted molar refractivity (Wildman–Crippen MR) is 78.6 cm³/mol. The van der Waals surface area contributed by atoms with E-state index in [2.05, 4.69) is 27.6 Å². The van der Waals surface area contributed by atoms with E-state index in [1.54, 1.807) is 0 Å². The Morgan fingerprint density at radius 1 is 1.28 bits per heavy atom. The van der Waals surface area contributed by atoms with E-state index in [-0.39, 0.29) is 6.03 Å². The standard InChI is InChI=1S/C13H16IN3O/c1-16-10-4-2-3-5-11(10)17(13(16)18)12-7-6-9(14)8-15-12/h6-8,10-11H,2-5H2,1H3/t10-,11-/m1/s1. The molecule has 0 unspecified atom stereocenters. The van der Waals surface area contributed by atoms with Gasteiger partial charge in [-0.15, -0.1) is 0 Å². The molecule has 1 aromatic rings. The fourth-order valence-corrected chi connectivity index (χ4v) is 3.40. The number of carbonyl (C=O) groups excluding carboxylic acids is 1. The molecule has 2 aliphatic rings. The van der Waals surface area contributed by atoms with Crippen LogP contribution in [0.2, 0.25) is 0 Å². The van der Waals surface area contributed by atoms with Gasteiger partial charge in [0.25, 0.3) is 0 Å². The Bertz CT molecular complexity index is 462. The maximum absolute atomic E-state index is 12.4. The number of hydrogen-bond donors (Lipinski definition) is 0. The monoisotopic (exact) mass is 357 g/mol. The van der Waals surface area contributed by atoms with Crippen LogP contribution >= 0.6 is 22.6 Å². The lowest BCUT2D eigenvalue weighted by molar-refractivity contribution is 0.208. The van der Waals surface area contributed by atoms with Crippen LogP contribution in [0.4, 0.5) is 10.6 Å². The Morgan fingerprint density at radius 3 is 2.67 bits per heavy atom. The number of carbonyl (C=O) groups is 1. The van der Waals surface area contributed by atoms with E-state index in [9.17, 15) is 4.79 Å². The second kappa shape index (κ2) is 4.68. The van der Waals surface area contributed by atoms with Crippen LogP contribution in [0.1, 0.15) is 25.7 Å². The maximum atomic E-state index is 12.4. The van der Waals surface area contributed by atoms with Crippen molar-refractivity contribution in [1.29, 1.82) is 0 Å². The molecule has 18 heavy (non-hydrogen) atoms. The van der Waals surface area contributed by atoms with E-state index in [1.807, 2.05) is 35.2 Å². The topological polar surface area (TPSA) is 36.4 Å². The number of aromatic nitrogens is 1. The molecule has 3 rings (SSSR count). The third kappa shape index (κ3) is 1.88. The fraction of sp³-hybridized carbons (Fsp3) is 0.538. The number of nitrogens with zero attached hydrogens (tertiary/aromatic N) is 3. The zero-order chi connectivity index (χ0) is 12.7. The van der Waals surface area contributed by atoms with Crippen LogP contribution in [0, 0.1) is 3.57 Å². The molecule has 2 amide bonds. The third-order valence-corrected chi connectivity index (χ3v) is 4.63. The molecule has 1 aromatic heterocycles. The highest BCUT2D eigenvalue weighted by Gasteiger charge is 2.45. The van der Waals surface area contributed by atoms with E-state index in [4.69, 9.17) is 0 Å². The molecule has 4 nitrogen and oxygen atoms in total. The van der Waals surface area contributed by atoms with Gasteiger partial charge in [-0.1, -0.05) is 12.8 Å². The molecule has 0 aromatic carbocycles. The summed E-state index contributed by atoms with van der Waals surface area (Å²) < 4.78 is 1.09. The summed E-state index contributed by atoms with van der Waals surface area (Å²) in [4.78, 5) is 20.6. The van der Waals surface area contributed by atoms with Crippen molar-refractivity contribution in [3.8, 4) is 0 Å². The van der Waals surface area contributed by atoms with Crippen LogP contribution < -0.4 is 4.90 Å². The highest BCUT2D eigenvalue weighted by molar-refractivity contribution is 14.1. The van der Waals surface area contributed by atoms with Crippen molar-refractivity contribution in [3.05, 3.63) is 21.9 Å². The van der Waals surface area contributed by atoms with Crippen molar-refractivity contribution in [2.24, 2.45) is 0 Å². The molecule has 96 valence electrons. The van der Waals surface area contributed by atoms with Gasteiger partial charge in [0.2, 0.25) is 0 Å². The lowest BCUT2D eigenvalue weighted by atomic mass is 9.90. The van der Waals surface area contributed by atoms with Crippen molar-refractivity contribution in [2.75, 3.05) is 11.9 Å². The molecule has 1 aliphatic carbocycles. The van der Waals surface area contributed by atoms with E-state index < -0.39 is 0 Å². The molecule has 2 heterocycles. The quantitative estimate of drug-likeness (QED) is 0.725. The number of halogens is 1. The minimum atomic E-state index is 0.0978. The van der Waals surface area contributed by atoms with E-state index in [0.717, 1.165) is 22.2 Å². The molecule has 1 saturated heterocycles. The molecule has 5 heteroatoms. The first-order valence-corrected chi connectivity index (χ1v) is 7.44. The third-order valence-electron chi connectivity index (χ3n) is 3.99. The van der Waals surface area contributed by atoms with Gasteiger partial charge in [-0.3, -0.25) is 4.90 Å². The van der Waals surface area contributed by atoms with E-state index in [1.165, 1.54) is 12.8 Å². The molecule has 0 spiro atoms. The molecule has 2 atom stereocenters. The first-order valence-electron chi connectivity index (χ1n) is 6.36. The molecule has 1 aliphatic heterocycles. The zero-order valence-corrected chi connectivity index (χ0v) is 12.5. The van der Waals surface area contributed by atoms with Gasteiger partial charge >= 0.3 is 6.03 Å². The number of likely N-dealkylation sites (N-methyl/N-ethyl adjacent to an activating group) is 1. The smallest absolute Gasteiger partial charge is 0.322 e. The van der Waals surface area contributed by atoms with Gasteiger partial charge in [-0.05, 0) is 47.6 Å². The molecule has 2 fully saturated rings. The lowest BCUT2D eigenvalue weighted by Crippen LogP contribution is -2.39. The minimum Gasteiger partial charge on any atom is -0.322 e. The van der Waals surface area contributed by atoms with Gasteiger partial charge in [0.1, 0.15) is 5.82 Å². The Labute approximate surface area is 121 Å². The second-order valence-electron chi connectivity index (χ2n) is 5.02. The normalized spacial score (nSPS) is 27.6. The molecular weight excluding hydrogens is 341 g/mol. The van der Waals surface area contributed by atoms with Crippen LogP contribution in [-0.2, 0) is 0 Å². The largest absolute Gasteiger partial charge is 0.326 e. The van der Waals surface area contributed by atoms with Gasteiger partial charge in [0, 0.05) is 16.8 Å². The highest BCUT2D eigenvalue weighted by Crippen LogP contribution is 2.35.